The Morgan fingerprint density at radius 3 is 2.44 bits per heavy atom. The van der Waals surface area contributed by atoms with Gasteiger partial charge < -0.3 is 9.64 Å². The van der Waals surface area contributed by atoms with E-state index in [0.717, 1.165) is 25.9 Å². The molecule has 1 fully saturated rings. The standard InChI is InChI=1S/C18H21FN2O3S/c1-2-24-15-6-8-16(9-7-15)25(22,23)20-17-13-14(19)5-10-18(17)21-11-3-4-12-21/h5-10,13,20H,2-4,11-12H2,1H3. The molecule has 1 heterocycles. The Hall–Kier alpha value is -2.28. The highest BCUT2D eigenvalue weighted by molar-refractivity contribution is 7.92. The minimum atomic E-state index is -3.81. The van der Waals surface area contributed by atoms with Crippen LogP contribution in [0.15, 0.2) is 47.4 Å². The van der Waals surface area contributed by atoms with Crippen LogP contribution in [-0.2, 0) is 10.0 Å². The lowest BCUT2D eigenvalue weighted by atomic mass is 10.2. The molecule has 0 unspecified atom stereocenters. The number of hydrogen-bond donors (Lipinski definition) is 1. The van der Waals surface area contributed by atoms with Gasteiger partial charge in [0.2, 0.25) is 0 Å². The van der Waals surface area contributed by atoms with E-state index in [1.165, 1.54) is 24.3 Å². The maximum absolute atomic E-state index is 13.7. The number of nitrogens with zero attached hydrogens (tertiary/aromatic N) is 1. The van der Waals surface area contributed by atoms with E-state index in [1.807, 2.05) is 6.92 Å². The molecule has 1 saturated heterocycles. The average Bonchev–Trinajstić information content (AvgIpc) is 3.10. The number of sulfonamides is 1. The van der Waals surface area contributed by atoms with Gasteiger partial charge in [0.05, 0.1) is 22.9 Å². The monoisotopic (exact) mass is 364 g/mol. The molecule has 5 nitrogen and oxygen atoms in total. The Labute approximate surface area is 147 Å². The van der Waals surface area contributed by atoms with Gasteiger partial charge in [-0.15, -0.1) is 0 Å². The van der Waals surface area contributed by atoms with Gasteiger partial charge >= 0.3 is 0 Å². The highest BCUT2D eigenvalue weighted by Crippen LogP contribution is 2.31. The van der Waals surface area contributed by atoms with Crippen molar-refractivity contribution >= 4 is 21.4 Å². The summed E-state index contributed by atoms with van der Waals surface area (Å²) in [5.41, 5.74) is 0.962. The normalized spacial score (nSPS) is 14.6. The van der Waals surface area contributed by atoms with E-state index in [1.54, 1.807) is 18.2 Å². The first-order valence-corrected chi connectivity index (χ1v) is 9.78. The van der Waals surface area contributed by atoms with Crippen LogP contribution < -0.4 is 14.4 Å². The van der Waals surface area contributed by atoms with Crippen molar-refractivity contribution in [3.63, 3.8) is 0 Å². The fourth-order valence-electron chi connectivity index (χ4n) is 2.91. The Balaban J connectivity index is 1.88. The summed E-state index contributed by atoms with van der Waals surface area (Å²) in [7, 11) is -3.81. The second kappa shape index (κ2) is 7.31. The van der Waals surface area contributed by atoms with Crippen LogP contribution in [0.3, 0.4) is 0 Å². The highest BCUT2D eigenvalue weighted by atomic mass is 32.2. The molecule has 0 radical (unpaired) electrons. The van der Waals surface area contributed by atoms with Gasteiger partial charge in [-0.25, -0.2) is 12.8 Å². The molecule has 1 N–H and O–H groups in total. The largest absolute Gasteiger partial charge is 0.494 e. The number of anilines is 2. The Bertz CT molecular complexity index is 832. The Morgan fingerprint density at radius 1 is 1.12 bits per heavy atom. The number of hydrogen-bond acceptors (Lipinski definition) is 4. The van der Waals surface area contributed by atoms with Crippen molar-refractivity contribution in [1.29, 1.82) is 0 Å². The smallest absolute Gasteiger partial charge is 0.261 e. The zero-order valence-corrected chi connectivity index (χ0v) is 14.9. The van der Waals surface area contributed by atoms with Crippen LogP contribution >= 0.6 is 0 Å². The van der Waals surface area contributed by atoms with Gasteiger partial charge in [0.15, 0.2) is 0 Å². The van der Waals surface area contributed by atoms with Gasteiger partial charge in [0.1, 0.15) is 11.6 Å². The van der Waals surface area contributed by atoms with Gasteiger partial charge in [-0.3, -0.25) is 4.72 Å². The predicted molar refractivity (Wildman–Crippen MR) is 96.3 cm³/mol. The van der Waals surface area contributed by atoms with Crippen LogP contribution in [-0.4, -0.2) is 28.1 Å². The SMILES string of the molecule is CCOc1ccc(S(=O)(=O)Nc2cc(F)ccc2N2CCCC2)cc1. The Morgan fingerprint density at radius 2 is 1.80 bits per heavy atom. The summed E-state index contributed by atoms with van der Waals surface area (Å²) >= 11 is 0. The number of rotatable bonds is 6. The summed E-state index contributed by atoms with van der Waals surface area (Å²) in [6, 6.07) is 10.3. The lowest BCUT2D eigenvalue weighted by Gasteiger charge is -2.22. The molecule has 0 aliphatic carbocycles. The molecule has 1 aliphatic rings. The summed E-state index contributed by atoms with van der Waals surface area (Å²) in [6.45, 7) is 4.04. The molecule has 0 spiro atoms. The molecule has 7 heteroatoms. The summed E-state index contributed by atoms with van der Waals surface area (Å²) in [5, 5.41) is 0. The molecule has 3 rings (SSSR count). The summed E-state index contributed by atoms with van der Waals surface area (Å²) < 4.78 is 46.8. The van der Waals surface area contributed by atoms with Gasteiger partial charge in [-0.2, -0.15) is 0 Å². The van der Waals surface area contributed by atoms with Crippen molar-refractivity contribution in [2.75, 3.05) is 29.3 Å². The van der Waals surface area contributed by atoms with Gasteiger partial charge in [-0.1, -0.05) is 0 Å². The summed E-state index contributed by atoms with van der Waals surface area (Å²) in [6.07, 6.45) is 2.09. The molecule has 0 saturated carbocycles. The first-order chi connectivity index (χ1) is 12.0. The van der Waals surface area contributed by atoms with Crippen LogP contribution in [0.5, 0.6) is 5.75 Å². The third-order valence-electron chi connectivity index (χ3n) is 4.09. The van der Waals surface area contributed by atoms with Crippen molar-refractivity contribution in [3.8, 4) is 5.75 Å². The third-order valence-corrected chi connectivity index (χ3v) is 5.48. The average molecular weight is 364 g/mol. The minimum Gasteiger partial charge on any atom is -0.494 e. The molecule has 2 aromatic rings. The van der Waals surface area contributed by atoms with E-state index >= 15 is 0 Å². The zero-order chi connectivity index (χ0) is 17.9. The van der Waals surface area contributed by atoms with Crippen LogP contribution in [0.4, 0.5) is 15.8 Å². The number of nitrogens with one attached hydrogen (secondary N) is 1. The first kappa shape index (κ1) is 17.5. The maximum atomic E-state index is 13.7. The van der Waals surface area contributed by atoms with E-state index in [0.29, 0.717) is 18.0 Å². The number of ether oxygens (including phenoxy) is 1. The van der Waals surface area contributed by atoms with Crippen LogP contribution in [0, 0.1) is 5.82 Å². The maximum Gasteiger partial charge on any atom is 0.261 e. The quantitative estimate of drug-likeness (QED) is 0.850. The van der Waals surface area contributed by atoms with Gasteiger partial charge in [-0.05, 0) is 56.2 Å². The van der Waals surface area contributed by atoms with Crippen molar-refractivity contribution in [2.45, 2.75) is 24.7 Å². The molecule has 0 atom stereocenters. The van der Waals surface area contributed by atoms with E-state index < -0.39 is 15.8 Å². The molecule has 0 bridgehead atoms. The lowest BCUT2D eigenvalue weighted by molar-refractivity contribution is 0.340. The predicted octanol–water partition coefficient (Wildman–Crippen LogP) is 3.63. The molecule has 134 valence electrons. The number of benzene rings is 2. The molecule has 1 aliphatic heterocycles. The molecular weight excluding hydrogens is 343 g/mol. The van der Waals surface area contributed by atoms with E-state index in [4.69, 9.17) is 4.74 Å². The van der Waals surface area contributed by atoms with Crippen LogP contribution in [0.25, 0.3) is 0 Å². The van der Waals surface area contributed by atoms with Gasteiger partial charge in [0.25, 0.3) is 10.0 Å². The number of halogens is 1. The van der Waals surface area contributed by atoms with E-state index in [9.17, 15) is 12.8 Å². The van der Waals surface area contributed by atoms with Crippen molar-refractivity contribution in [3.05, 3.63) is 48.3 Å². The highest BCUT2D eigenvalue weighted by Gasteiger charge is 2.21. The topological polar surface area (TPSA) is 58.6 Å². The second-order valence-electron chi connectivity index (χ2n) is 5.87. The second-order valence-corrected chi connectivity index (χ2v) is 7.55. The van der Waals surface area contributed by atoms with Crippen molar-refractivity contribution < 1.29 is 17.5 Å². The van der Waals surface area contributed by atoms with Crippen molar-refractivity contribution in [2.24, 2.45) is 0 Å². The summed E-state index contributed by atoms with van der Waals surface area (Å²) in [4.78, 5) is 2.17. The fraction of sp³-hybridized carbons (Fsp3) is 0.333. The third kappa shape index (κ3) is 4.04. The summed E-state index contributed by atoms with van der Waals surface area (Å²) in [5.74, 6) is 0.123. The molecule has 25 heavy (non-hydrogen) atoms. The first-order valence-electron chi connectivity index (χ1n) is 8.30. The van der Waals surface area contributed by atoms with Crippen LogP contribution in [0.1, 0.15) is 19.8 Å². The van der Waals surface area contributed by atoms with Crippen molar-refractivity contribution in [1.82, 2.24) is 0 Å². The van der Waals surface area contributed by atoms with Crippen LogP contribution in [0.2, 0.25) is 0 Å². The zero-order valence-electron chi connectivity index (χ0n) is 14.0. The Kier molecular flexibility index (Phi) is 5.13. The minimum absolute atomic E-state index is 0.104. The van der Waals surface area contributed by atoms with E-state index in [2.05, 4.69) is 9.62 Å². The molecule has 0 amide bonds. The van der Waals surface area contributed by atoms with E-state index in [-0.39, 0.29) is 10.6 Å². The van der Waals surface area contributed by atoms with Gasteiger partial charge in [0, 0.05) is 19.2 Å². The molecule has 0 aromatic heterocycles. The molecular formula is C18H21FN2O3S. The fourth-order valence-corrected chi connectivity index (χ4v) is 3.97. The molecule has 2 aromatic carbocycles. The lowest BCUT2D eigenvalue weighted by Crippen LogP contribution is -2.21.